The number of carboxylic acids is 1. The third-order valence-corrected chi connectivity index (χ3v) is 3.35. The van der Waals surface area contributed by atoms with Gasteiger partial charge in [-0.3, -0.25) is 4.79 Å². The lowest BCUT2D eigenvalue weighted by molar-refractivity contribution is -0.153. The molecule has 0 aromatic rings. The minimum Gasteiger partial charge on any atom is -0.480 e. The molecule has 2 aliphatic rings. The molecule has 1 N–H and O–H groups in total. The van der Waals surface area contributed by atoms with Crippen molar-refractivity contribution in [2.75, 3.05) is 19.8 Å². The number of amides is 1. The summed E-state index contributed by atoms with van der Waals surface area (Å²) in [6.07, 6.45) is 3.10. The van der Waals surface area contributed by atoms with Gasteiger partial charge in [0.15, 0.2) is 0 Å². The van der Waals surface area contributed by atoms with Gasteiger partial charge in [0, 0.05) is 13.2 Å². The van der Waals surface area contributed by atoms with Crippen LogP contribution >= 0.6 is 0 Å². The number of hydrogen-bond acceptors (Lipinski definition) is 3. The van der Waals surface area contributed by atoms with Gasteiger partial charge >= 0.3 is 5.97 Å². The summed E-state index contributed by atoms with van der Waals surface area (Å²) in [6, 6.07) is -0.623. The highest BCUT2D eigenvalue weighted by Crippen LogP contribution is 2.23. The summed E-state index contributed by atoms with van der Waals surface area (Å²) in [7, 11) is 0. The average molecular weight is 227 g/mol. The van der Waals surface area contributed by atoms with Crippen LogP contribution in [0.2, 0.25) is 0 Å². The molecule has 90 valence electrons. The standard InChI is InChI=1S/C11H17NO4/c13-10(8-4-6-16-7-8)12-5-2-1-3-9(12)11(14)15/h8-9H,1-7H2,(H,14,15)/t8?,9-/m1/s1. The molecule has 1 unspecified atom stereocenters. The second kappa shape index (κ2) is 4.82. The van der Waals surface area contributed by atoms with Crippen LogP contribution in [0.15, 0.2) is 0 Å². The second-order valence-corrected chi connectivity index (χ2v) is 4.44. The Morgan fingerprint density at radius 1 is 1.25 bits per heavy atom. The molecule has 5 nitrogen and oxygen atoms in total. The molecule has 0 aliphatic carbocycles. The first kappa shape index (κ1) is 11.4. The first-order valence-corrected chi connectivity index (χ1v) is 5.81. The van der Waals surface area contributed by atoms with E-state index in [4.69, 9.17) is 9.84 Å². The summed E-state index contributed by atoms with van der Waals surface area (Å²) in [4.78, 5) is 24.7. The fraction of sp³-hybridized carbons (Fsp3) is 0.818. The fourth-order valence-corrected chi connectivity index (χ4v) is 2.42. The normalized spacial score (nSPS) is 30.4. The molecular weight excluding hydrogens is 210 g/mol. The van der Waals surface area contributed by atoms with Crippen molar-refractivity contribution < 1.29 is 19.4 Å². The van der Waals surface area contributed by atoms with Crippen LogP contribution in [-0.2, 0) is 14.3 Å². The van der Waals surface area contributed by atoms with Crippen molar-refractivity contribution in [3.63, 3.8) is 0 Å². The Morgan fingerprint density at radius 3 is 2.69 bits per heavy atom. The molecule has 16 heavy (non-hydrogen) atoms. The van der Waals surface area contributed by atoms with Gasteiger partial charge in [-0.2, -0.15) is 0 Å². The number of ether oxygens (including phenoxy) is 1. The zero-order chi connectivity index (χ0) is 11.5. The number of piperidine rings is 1. The SMILES string of the molecule is O=C(O)[C@H]1CCCCN1C(=O)C1CCOC1. The lowest BCUT2D eigenvalue weighted by atomic mass is 9.99. The molecule has 2 heterocycles. The highest BCUT2D eigenvalue weighted by molar-refractivity contribution is 5.85. The van der Waals surface area contributed by atoms with E-state index in [1.165, 1.54) is 4.90 Å². The van der Waals surface area contributed by atoms with Gasteiger partial charge in [-0.1, -0.05) is 0 Å². The molecule has 0 aromatic carbocycles. The Bertz CT molecular complexity index is 286. The molecule has 0 spiro atoms. The largest absolute Gasteiger partial charge is 0.480 e. The smallest absolute Gasteiger partial charge is 0.326 e. The predicted molar refractivity (Wildman–Crippen MR) is 55.9 cm³/mol. The maximum Gasteiger partial charge on any atom is 0.326 e. The molecule has 0 radical (unpaired) electrons. The fourth-order valence-electron chi connectivity index (χ4n) is 2.42. The van der Waals surface area contributed by atoms with Crippen LogP contribution in [-0.4, -0.2) is 47.7 Å². The van der Waals surface area contributed by atoms with Gasteiger partial charge in [0.2, 0.25) is 5.91 Å². The Balaban J connectivity index is 2.04. The van der Waals surface area contributed by atoms with Crippen molar-refractivity contribution in [2.24, 2.45) is 5.92 Å². The Kier molecular flexibility index (Phi) is 3.43. The monoisotopic (exact) mass is 227 g/mol. The first-order valence-electron chi connectivity index (χ1n) is 5.81. The topological polar surface area (TPSA) is 66.8 Å². The number of hydrogen-bond donors (Lipinski definition) is 1. The van der Waals surface area contributed by atoms with Crippen molar-refractivity contribution in [2.45, 2.75) is 31.7 Å². The summed E-state index contributed by atoms with van der Waals surface area (Å²) < 4.78 is 5.17. The van der Waals surface area contributed by atoms with Crippen LogP contribution < -0.4 is 0 Å². The van der Waals surface area contributed by atoms with Gasteiger partial charge in [-0.05, 0) is 25.7 Å². The third kappa shape index (κ3) is 2.19. The number of rotatable bonds is 2. The summed E-state index contributed by atoms with van der Waals surface area (Å²) in [5.74, 6) is -1.04. The van der Waals surface area contributed by atoms with E-state index in [0.29, 0.717) is 26.2 Å². The molecule has 2 rings (SSSR count). The molecule has 2 fully saturated rings. The number of carbonyl (C=O) groups is 2. The predicted octanol–water partition coefficient (Wildman–Crippen LogP) is 0.489. The molecule has 0 saturated carbocycles. The van der Waals surface area contributed by atoms with Crippen molar-refractivity contribution in [3.05, 3.63) is 0 Å². The number of nitrogens with zero attached hydrogens (tertiary/aromatic N) is 1. The summed E-state index contributed by atoms with van der Waals surface area (Å²) in [5, 5.41) is 9.08. The van der Waals surface area contributed by atoms with Crippen molar-refractivity contribution in [3.8, 4) is 0 Å². The van der Waals surface area contributed by atoms with Crippen molar-refractivity contribution in [1.29, 1.82) is 0 Å². The number of carboxylic acid groups (broad SMARTS) is 1. The van der Waals surface area contributed by atoms with E-state index in [-0.39, 0.29) is 11.8 Å². The maximum atomic E-state index is 12.1. The van der Waals surface area contributed by atoms with Crippen LogP contribution in [0.4, 0.5) is 0 Å². The van der Waals surface area contributed by atoms with Gasteiger partial charge in [0.1, 0.15) is 6.04 Å². The van der Waals surface area contributed by atoms with E-state index in [1.807, 2.05) is 0 Å². The molecule has 2 atom stereocenters. The number of likely N-dealkylation sites (tertiary alicyclic amines) is 1. The van der Waals surface area contributed by atoms with E-state index in [2.05, 4.69) is 0 Å². The lowest BCUT2D eigenvalue weighted by Gasteiger charge is -2.34. The van der Waals surface area contributed by atoms with Gasteiger partial charge in [0.25, 0.3) is 0 Å². The van der Waals surface area contributed by atoms with Crippen LogP contribution in [0.25, 0.3) is 0 Å². The van der Waals surface area contributed by atoms with Crippen LogP contribution in [0.5, 0.6) is 0 Å². The number of carbonyl (C=O) groups excluding carboxylic acids is 1. The molecule has 2 saturated heterocycles. The Hall–Kier alpha value is -1.10. The summed E-state index contributed by atoms with van der Waals surface area (Å²) in [5.41, 5.74) is 0. The van der Waals surface area contributed by atoms with E-state index in [9.17, 15) is 9.59 Å². The third-order valence-electron chi connectivity index (χ3n) is 3.35. The zero-order valence-electron chi connectivity index (χ0n) is 9.22. The quantitative estimate of drug-likeness (QED) is 0.745. The number of aliphatic carboxylic acids is 1. The van der Waals surface area contributed by atoms with Gasteiger partial charge in [-0.15, -0.1) is 0 Å². The molecule has 2 aliphatic heterocycles. The van der Waals surface area contributed by atoms with Gasteiger partial charge in [0.05, 0.1) is 12.5 Å². The maximum absolute atomic E-state index is 12.1. The van der Waals surface area contributed by atoms with Crippen molar-refractivity contribution in [1.82, 2.24) is 4.90 Å². The zero-order valence-corrected chi connectivity index (χ0v) is 9.22. The van der Waals surface area contributed by atoms with Crippen LogP contribution in [0.1, 0.15) is 25.7 Å². The minimum atomic E-state index is -0.882. The minimum absolute atomic E-state index is 0.0374. The van der Waals surface area contributed by atoms with Crippen LogP contribution in [0, 0.1) is 5.92 Å². The summed E-state index contributed by atoms with van der Waals surface area (Å²) in [6.45, 7) is 1.63. The van der Waals surface area contributed by atoms with Gasteiger partial charge in [-0.25, -0.2) is 4.79 Å². The lowest BCUT2D eigenvalue weighted by Crippen LogP contribution is -2.50. The van der Waals surface area contributed by atoms with E-state index >= 15 is 0 Å². The molecule has 0 bridgehead atoms. The highest BCUT2D eigenvalue weighted by atomic mass is 16.5. The summed E-state index contributed by atoms with van der Waals surface area (Å²) >= 11 is 0. The Morgan fingerprint density at radius 2 is 2.06 bits per heavy atom. The van der Waals surface area contributed by atoms with Gasteiger partial charge < -0.3 is 14.7 Å². The first-order chi connectivity index (χ1) is 7.70. The second-order valence-electron chi connectivity index (χ2n) is 4.44. The highest BCUT2D eigenvalue weighted by Gasteiger charge is 2.36. The average Bonchev–Trinajstić information content (AvgIpc) is 2.81. The van der Waals surface area contributed by atoms with Crippen molar-refractivity contribution >= 4 is 11.9 Å². The van der Waals surface area contributed by atoms with E-state index in [0.717, 1.165) is 19.3 Å². The van der Waals surface area contributed by atoms with E-state index in [1.54, 1.807) is 0 Å². The molecule has 5 heteroatoms. The molecular formula is C11H17NO4. The Labute approximate surface area is 94.4 Å². The van der Waals surface area contributed by atoms with E-state index < -0.39 is 12.0 Å². The molecule has 1 amide bonds. The van der Waals surface area contributed by atoms with Crippen LogP contribution in [0.3, 0.4) is 0 Å². The molecule has 0 aromatic heterocycles.